The first-order valence-electron chi connectivity index (χ1n) is 9.43. The molecule has 1 fully saturated rings. The van der Waals surface area contributed by atoms with E-state index in [0.717, 1.165) is 46.1 Å². The molecule has 2 aromatic heterocycles. The van der Waals surface area contributed by atoms with Crippen molar-refractivity contribution in [3.05, 3.63) is 46.2 Å². The number of nitrogens with zero attached hydrogens (tertiary/aromatic N) is 3. The summed E-state index contributed by atoms with van der Waals surface area (Å²) in [7, 11) is 0. The first kappa shape index (κ1) is 17.9. The molecule has 0 saturated carbocycles. The molecule has 1 aliphatic rings. The largest absolute Gasteiger partial charge is 0.371 e. The summed E-state index contributed by atoms with van der Waals surface area (Å²) in [5, 5.41) is 4.07. The molecule has 6 heteroatoms. The van der Waals surface area contributed by atoms with Crippen LogP contribution in [0.2, 0.25) is 0 Å². The highest BCUT2D eigenvalue weighted by Crippen LogP contribution is 2.32. The van der Waals surface area contributed by atoms with E-state index < -0.39 is 0 Å². The molecule has 4 rings (SSSR count). The van der Waals surface area contributed by atoms with E-state index in [4.69, 9.17) is 0 Å². The summed E-state index contributed by atoms with van der Waals surface area (Å²) in [5.74, 6) is 0.658. The average molecular weight is 381 g/mol. The van der Waals surface area contributed by atoms with Gasteiger partial charge < -0.3 is 10.2 Å². The molecule has 5 nitrogen and oxygen atoms in total. The van der Waals surface area contributed by atoms with Crippen LogP contribution in [-0.4, -0.2) is 29.0 Å². The van der Waals surface area contributed by atoms with Gasteiger partial charge in [0.25, 0.3) is 5.91 Å². The maximum atomic E-state index is 12.9. The maximum absolute atomic E-state index is 12.9. The van der Waals surface area contributed by atoms with Crippen molar-refractivity contribution in [3.8, 4) is 0 Å². The first-order chi connectivity index (χ1) is 13.0. The molecule has 27 heavy (non-hydrogen) atoms. The third-order valence-electron chi connectivity index (χ3n) is 5.11. The lowest BCUT2D eigenvalue weighted by Gasteiger charge is -2.29. The number of aromatic nitrogens is 2. The van der Waals surface area contributed by atoms with Gasteiger partial charge in [-0.05, 0) is 63.8 Å². The van der Waals surface area contributed by atoms with Crippen LogP contribution >= 0.6 is 11.3 Å². The maximum Gasteiger partial charge on any atom is 0.266 e. The number of carbonyl (C=O) groups excluding carboxylic acids is 1. The highest BCUT2D eigenvalue weighted by atomic mass is 32.1. The number of aryl methyl sites for hydroxylation is 3. The van der Waals surface area contributed by atoms with Crippen LogP contribution in [0.4, 0.5) is 11.4 Å². The van der Waals surface area contributed by atoms with E-state index in [1.807, 2.05) is 32.9 Å². The predicted molar refractivity (Wildman–Crippen MR) is 112 cm³/mol. The van der Waals surface area contributed by atoms with Crippen LogP contribution in [0.15, 0.2) is 24.3 Å². The van der Waals surface area contributed by atoms with Crippen LogP contribution in [0.3, 0.4) is 0 Å². The average Bonchev–Trinajstić information content (AvgIpc) is 2.99. The van der Waals surface area contributed by atoms with E-state index in [0.29, 0.717) is 4.88 Å². The van der Waals surface area contributed by atoms with E-state index in [1.54, 1.807) is 0 Å². The Balaban J connectivity index is 1.60. The van der Waals surface area contributed by atoms with Crippen molar-refractivity contribution in [2.45, 2.75) is 40.0 Å². The lowest BCUT2D eigenvalue weighted by molar-refractivity contribution is 0.103. The fourth-order valence-corrected chi connectivity index (χ4v) is 4.98. The number of rotatable bonds is 3. The van der Waals surface area contributed by atoms with E-state index in [2.05, 4.69) is 32.3 Å². The summed E-state index contributed by atoms with van der Waals surface area (Å²) in [6.07, 6.45) is 3.77. The van der Waals surface area contributed by atoms with Crippen molar-refractivity contribution in [2.24, 2.45) is 0 Å². The molecule has 1 amide bonds. The van der Waals surface area contributed by atoms with Gasteiger partial charge in [-0.1, -0.05) is 6.07 Å². The Morgan fingerprint density at radius 1 is 1.11 bits per heavy atom. The van der Waals surface area contributed by atoms with Gasteiger partial charge in [0.2, 0.25) is 0 Å². The van der Waals surface area contributed by atoms with Crippen LogP contribution < -0.4 is 10.2 Å². The molecular formula is C21H24N4OS. The molecule has 0 bridgehead atoms. The number of hydrogen-bond donors (Lipinski definition) is 1. The minimum Gasteiger partial charge on any atom is -0.371 e. The number of hydrogen-bond acceptors (Lipinski definition) is 5. The molecule has 140 valence electrons. The van der Waals surface area contributed by atoms with Gasteiger partial charge in [0.05, 0.1) is 4.88 Å². The quantitative estimate of drug-likeness (QED) is 0.705. The Morgan fingerprint density at radius 2 is 1.89 bits per heavy atom. The minimum atomic E-state index is -0.0802. The lowest BCUT2D eigenvalue weighted by atomic mass is 10.1. The van der Waals surface area contributed by atoms with Crippen LogP contribution in [0.1, 0.15) is 46.0 Å². The van der Waals surface area contributed by atoms with E-state index in [-0.39, 0.29) is 5.91 Å². The fraction of sp³-hybridized carbons (Fsp3) is 0.381. The second kappa shape index (κ2) is 7.27. The summed E-state index contributed by atoms with van der Waals surface area (Å²) in [5.41, 5.74) is 3.89. The third kappa shape index (κ3) is 3.54. The number of fused-ring (bicyclic) bond motifs is 1. The number of amides is 1. The minimum absolute atomic E-state index is 0.0802. The number of piperidine rings is 1. The van der Waals surface area contributed by atoms with E-state index >= 15 is 0 Å². The van der Waals surface area contributed by atoms with Gasteiger partial charge >= 0.3 is 0 Å². The first-order valence-corrected chi connectivity index (χ1v) is 10.3. The van der Waals surface area contributed by atoms with Crippen molar-refractivity contribution >= 4 is 38.8 Å². The standard InChI is InChI=1S/C21H24N4OS/c1-13-18-14(2)22-15(3)23-21(18)27-19(13)20(26)24-16-8-7-9-17(12-16)25-10-5-4-6-11-25/h7-9,12H,4-6,10-11H2,1-3H3,(H,24,26). The molecular weight excluding hydrogens is 356 g/mol. The van der Waals surface area contributed by atoms with Crippen molar-refractivity contribution in [3.63, 3.8) is 0 Å². The Labute approximate surface area is 163 Å². The summed E-state index contributed by atoms with van der Waals surface area (Å²) in [6.45, 7) is 8.01. The SMILES string of the molecule is Cc1nc(C)c2c(C)c(C(=O)Nc3cccc(N4CCCCC4)c3)sc2n1. The second-order valence-electron chi connectivity index (χ2n) is 7.14. The van der Waals surface area contributed by atoms with Crippen molar-refractivity contribution < 1.29 is 4.79 Å². The number of nitrogens with one attached hydrogen (secondary N) is 1. The van der Waals surface area contributed by atoms with Crippen LogP contribution in [0.5, 0.6) is 0 Å². The lowest BCUT2D eigenvalue weighted by Crippen LogP contribution is -2.29. The molecule has 0 aliphatic carbocycles. The van der Waals surface area contributed by atoms with Crippen molar-refractivity contribution in [1.82, 2.24) is 9.97 Å². The molecule has 0 unspecified atom stereocenters. The second-order valence-corrected chi connectivity index (χ2v) is 8.14. The zero-order valence-corrected chi connectivity index (χ0v) is 16.8. The number of carbonyl (C=O) groups is 1. The van der Waals surface area contributed by atoms with Gasteiger partial charge in [0, 0.05) is 35.5 Å². The monoisotopic (exact) mass is 380 g/mol. The summed E-state index contributed by atoms with van der Waals surface area (Å²) in [4.78, 5) is 25.8. The molecule has 1 aromatic carbocycles. The van der Waals surface area contributed by atoms with Gasteiger partial charge in [-0.2, -0.15) is 0 Å². The van der Waals surface area contributed by atoms with E-state index in [1.165, 1.54) is 36.3 Å². The number of thiophene rings is 1. The zero-order valence-electron chi connectivity index (χ0n) is 16.0. The van der Waals surface area contributed by atoms with Crippen molar-refractivity contribution in [2.75, 3.05) is 23.3 Å². The van der Waals surface area contributed by atoms with Gasteiger partial charge in [-0.15, -0.1) is 11.3 Å². The predicted octanol–water partition coefficient (Wildman–Crippen LogP) is 4.86. The zero-order chi connectivity index (χ0) is 19.0. The molecule has 0 spiro atoms. The van der Waals surface area contributed by atoms with Crippen molar-refractivity contribution in [1.29, 1.82) is 0 Å². The summed E-state index contributed by atoms with van der Waals surface area (Å²) in [6, 6.07) is 8.15. The Kier molecular flexibility index (Phi) is 4.83. The summed E-state index contributed by atoms with van der Waals surface area (Å²) < 4.78 is 0. The van der Waals surface area contributed by atoms with Gasteiger partial charge in [0.15, 0.2) is 0 Å². The number of anilines is 2. The molecule has 3 aromatic rings. The Bertz CT molecular complexity index is 1000. The topological polar surface area (TPSA) is 58.1 Å². The third-order valence-corrected chi connectivity index (χ3v) is 6.30. The summed E-state index contributed by atoms with van der Waals surface area (Å²) >= 11 is 1.44. The highest BCUT2D eigenvalue weighted by molar-refractivity contribution is 7.20. The Morgan fingerprint density at radius 3 is 2.67 bits per heavy atom. The normalized spacial score (nSPS) is 14.6. The highest BCUT2D eigenvalue weighted by Gasteiger charge is 2.19. The molecule has 0 radical (unpaired) electrons. The fourth-order valence-electron chi connectivity index (χ4n) is 3.81. The van der Waals surface area contributed by atoms with Crippen LogP contribution in [0.25, 0.3) is 10.2 Å². The van der Waals surface area contributed by atoms with Gasteiger partial charge in [-0.25, -0.2) is 9.97 Å². The molecule has 1 N–H and O–H groups in total. The molecule has 1 saturated heterocycles. The smallest absolute Gasteiger partial charge is 0.266 e. The molecule has 1 aliphatic heterocycles. The van der Waals surface area contributed by atoms with Crippen LogP contribution in [0, 0.1) is 20.8 Å². The van der Waals surface area contributed by atoms with Gasteiger partial charge in [0.1, 0.15) is 10.7 Å². The number of benzene rings is 1. The molecule has 3 heterocycles. The molecule has 0 atom stereocenters. The van der Waals surface area contributed by atoms with Gasteiger partial charge in [-0.3, -0.25) is 4.79 Å². The van der Waals surface area contributed by atoms with E-state index in [9.17, 15) is 4.79 Å². The Hall–Kier alpha value is -2.47. The van der Waals surface area contributed by atoms with Crippen LogP contribution in [-0.2, 0) is 0 Å².